The van der Waals surface area contributed by atoms with Gasteiger partial charge in [-0.2, -0.15) is 0 Å². The van der Waals surface area contributed by atoms with Crippen LogP contribution >= 0.6 is 0 Å². The highest BCUT2D eigenvalue weighted by Gasteiger charge is 2.22. The van der Waals surface area contributed by atoms with Gasteiger partial charge < -0.3 is 15.1 Å². The first kappa shape index (κ1) is 20.0. The summed E-state index contributed by atoms with van der Waals surface area (Å²) >= 11 is 0. The Morgan fingerprint density at radius 2 is 1.70 bits per heavy atom. The normalized spacial score (nSPS) is 14.2. The molecule has 1 fully saturated rings. The molecule has 0 spiro atoms. The lowest BCUT2D eigenvalue weighted by molar-refractivity contribution is -0.131. The van der Waals surface area contributed by atoms with E-state index in [0.717, 1.165) is 47.7 Å². The highest BCUT2D eigenvalue weighted by molar-refractivity contribution is 5.77. The molecule has 1 aliphatic heterocycles. The van der Waals surface area contributed by atoms with E-state index in [-0.39, 0.29) is 5.91 Å². The van der Waals surface area contributed by atoms with Gasteiger partial charge in [0.15, 0.2) is 0 Å². The van der Waals surface area contributed by atoms with E-state index in [0.29, 0.717) is 32.0 Å². The summed E-state index contributed by atoms with van der Waals surface area (Å²) in [5.41, 5.74) is 3.67. The average molecular weight is 406 g/mol. The number of nitrogens with zero attached hydrogens (tertiary/aromatic N) is 6. The minimum absolute atomic E-state index is 0.197. The Bertz CT molecular complexity index is 1010. The van der Waals surface area contributed by atoms with Crippen LogP contribution in [0.2, 0.25) is 0 Å². The topological polar surface area (TPSA) is 87.1 Å². The number of aromatic nitrogens is 4. The molecule has 0 bridgehead atoms. The lowest BCUT2D eigenvalue weighted by atomic mass is 10.2. The van der Waals surface area contributed by atoms with Crippen LogP contribution in [0.5, 0.6) is 0 Å². The minimum Gasteiger partial charge on any atom is -0.354 e. The summed E-state index contributed by atoms with van der Waals surface area (Å²) in [6.45, 7) is 7.54. The van der Waals surface area contributed by atoms with Gasteiger partial charge in [-0.3, -0.25) is 9.78 Å². The Morgan fingerprint density at radius 3 is 2.43 bits per heavy atom. The third-order valence-electron chi connectivity index (χ3n) is 5.23. The monoisotopic (exact) mass is 405 g/mol. The molecule has 1 aromatic carbocycles. The molecule has 0 aliphatic carbocycles. The fourth-order valence-electron chi connectivity index (χ4n) is 3.69. The van der Waals surface area contributed by atoms with Crippen molar-refractivity contribution >= 4 is 28.7 Å². The van der Waals surface area contributed by atoms with E-state index in [4.69, 9.17) is 4.98 Å². The average Bonchev–Trinajstić information content (AvgIpc) is 2.76. The van der Waals surface area contributed by atoms with Gasteiger partial charge in [0.1, 0.15) is 5.82 Å². The van der Waals surface area contributed by atoms with Crippen LogP contribution in [0.4, 0.5) is 11.8 Å². The summed E-state index contributed by atoms with van der Waals surface area (Å²) in [5.74, 6) is 1.70. The second-order valence-electron chi connectivity index (χ2n) is 7.59. The quantitative estimate of drug-likeness (QED) is 0.631. The number of carbonyl (C=O) groups excluding carboxylic acids is 1. The number of benzene rings is 1. The van der Waals surface area contributed by atoms with Crippen molar-refractivity contribution in [3.05, 3.63) is 47.9 Å². The van der Waals surface area contributed by atoms with E-state index in [1.807, 2.05) is 55.3 Å². The number of fused-ring (bicyclic) bond motifs is 1. The number of anilines is 2. The van der Waals surface area contributed by atoms with E-state index in [2.05, 4.69) is 25.2 Å². The van der Waals surface area contributed by atoms with Crippen molar-refractivity contribution in [1.29, 1.82) is 0 Å². The maximum atomic E-state index is 12.6. The molecule has 1 amide bonds. The fourth-order valence-corrected chi connectivity index (χ4v) is 3.69. The molecule has 156 valence electrons. The summed E-state index contributed by atoms with van der Waals surface area (Å²) in [6, 6.07) is 9.81. The molecule has 0 radical (unpaired) electrons. The van der Waals surface area contributed by atoms with Crippen molar-refractivity contribution in [2.45, 2.75) is 26.7 Å². The zero-order valence-electron chi connectivity index (χ0n) is 17.5. The first-order valence-corrected chi connectivity index (χ1v) is 10.4. The number of piperazine rings is 1. The zero-order chi connectivity index (χ0) is 20.9. The molecule has 2 aromatic heterocycles. The highest BCUT2D eigenvalue weighted by Crippen LogP contribution is 2.17. The van der Waals surface area contributed by atoms with Gasteiger partial charge in [0, 0.05) is 50.5 Å². The van der Waals surface area contributed by atoms with Crippen LogP contribution < -0.4 is 10.2 Å². The first-order valence-electron chi connectivity index (χ1n) is 10.4. The Balaban J connectivity index is 1.23. The molecular weight excluding hydrogens is 378 g/mol. The van der Waals surface area contributed by atoms with Crippen LogP contribution in [-0.4, -0.2) is 63.5 Å². The molecular formula is C22H27N7O. The lowest BCUT2D eigenvalue weighted by Crippen LogP contribution is -2.49. The van der Waals surface area contributed by atoms with E-state index >= 15 is 0 Å². The number of rotatable bonds is 6. The number of aryl methyl sites for hydroxylation is 2. The number of nitrogens with one attached hydrogen (secondary N) is 1. The first-order chi connectivity index (χ1) is 14.6. The zero-order valence-corrected chi connectivity index (χ0v) is 17.5. The van der Waals surface area contributed by atoms with Crippen LogP contribution in [0.25, 0.3) is 11.0 Å². The molecule has 1 N–H and O–H groups in total. The number of para-hydroxylation sites is 2. The third kappa shape index (κ3) is 4.82. The summed E-state index contributed by atoms with van der Waals surface area (Å²) in [7, 11) is 0. The van der Waals surface area contributed by atoms with Crippen LogP contribution in [0, 0.1) is 13.8 Å². The standard InChI is InChI=1S/C22H27N7O/c1-16-14-17(2)26-22(25-16)23-9-5-8-21(30)29-12-10-28(11-13-29)20-15-24-18-6-3-4-7-19(18)27-20/h3-4,6-7,14-15H,5,8-13H2,1-2H3,(H,23,25,26). The molecule has 1 aliphatic rings. The summed E-state index contributed by atoms with van der Waals surface area (Å²) in [6.07, 6.45) is 3.10. The van der Waals surface area contributed by atoms with Crippen molar-refractivity contribution in [3.63, 3.8) is 0 Å². The number of hydrogen-bond donors (Lipinski definition) is 1. The van der Waals surface area contributed by atoms with Crippen LogP contribution in [-0.2, 0) is 4.79 Å². The van der Waals surface area contributed by atoms with Gasteiger partial charge in [-0.05, 0) is 38.5 Å². The van der Waals surface area contributed by atoms with Gasteiger partial charge in [0.25, 0.3) is 0 Å². The molecule has 0 saturated carbocycles. The third-order valence-corrected chi connectivity index (χ3v) is 5.23. The summed E-state index contributed by atoms with van der Waals surface area (Å²) < 4.78 is 0. The SMILES string of the molecule is Cc1cc(C)nc(NCCCC(=O)N2CCN(c3cnc4ccccc4n3)CC2)n1. The second kappa shape index (κ2) is 9.02. The predicted octanol–water partition coefficient (Wildman–Crippen LogP) is 2.58. The molecule has 4 rings (SSSR count). The van der Waals surface area contributed by atoms with Gasteiger partial charge in [-0.25, -0.2) is 15.0 Å². The van der Waals surface area contributed by atoms with Crippen LogP contribution in [0.1, 0.15) is 24.2 Å². The molecule has 3 aromatic rings. The Morgan fingerprint density at radius 1 is 1.00 bits per heavy atom. The molecule has 1 saturated heterocycles. The van der Waals surface area contributed by atoms with E-state index in [1.54, 1.807) is 0 Å². The van der Waals surface area contributed by atoms with Gasteiger partial charge >= 0.3 is 0 Å². The maximum absolute atomic E-state index is 12.6. The predicted molar refractivity (Wildman–Crippen MR) is 118 cm³/mol. The number of carbonyl (C=O) groups is 1. The lowest BCUT2D eigenvalue weighted by Gasteiger charge is -2.35. The molecule has 8 nitrogen and oxygen atoms in total. The fraction of sp³-hybridized carbons (Fsp3) is 0.409. The molecule has 3 heterocycles. The number of amides is 1. The molecule has 0 atom stereocenters. The van der Waals surface area contributed by atoms with E-state index in [1.165, 1.54) is 0 Å². The van der Waals surface area contributed by atoms with Gasteiger partial charge in [0.2, 0.25) is 11.9 Å². The Hall–Kier alpha value is -3.29. The van der Waals surface area contributed by atoms with Crippen LogP contribution in [0.15, 0.2) is 36.5 Å². The Kier molecular flexibility index (Phi) is 6.02. The smallest absolute Gasteiger partial charge is 0.223 e. The van der Waals surface area contributed by atoms with Gasteiger partial charge in [-0.15, -0.1) is 0 Å². The van der Waals surface area contributed by atoms with Crippen molar-refractivity contribution in [3.8, 4) is 0 Å². The largest absolute Gasteiger partial charge is 0.354 e. The minimum atomic E-state index is 0.197. The molecule has 8 heteroatoms. The van der Waals surface area contributed by atoms with Gasteiger partial charge in [-0.1, -0.05) is 12.1 Å². The maximum Gasteiger partial charge on any atom is 0.223 e. The van der Waals surface area contributed by atoms with Crippen molar-refractivity contribution in [2.24, 2.45) is 0 Å². The molecule has 30 heavy (non-hydrogen) atoms. The second-order valence-corrected chi connectivity index (χ2v) is 7.59. The molecule has 0 unspecified atom stereocenters. The van der Waals surface area contributed by atoms with Crippen molar-refractivity contribution < 1.29 is 4.79 Å². The summed E-state index contributed by atoms with van der Waals surface area (Å²) in [5, 5.41) is 3.21. The Labute approximate surface area is 176 Å². The van der Waals surface area contributed by atoms with Crippen LogP contribution in [0.3, 0.4) is 0 Å². The van der Waals surface area contributed by atoms with E-state index in [9.17, 15) is 4.79 Å². The summed E-state index contributed by atoms with van der Waals surface area (Å²) in [4.78, 5) is 34.6. The highest BCUT2D eigenvalue weighted by atomic mass is 16.2. The van der Waals surface area contributed by atoms with E-state index < -0.39 is 0 Å². The van der Waals surface area contributed by atoms with Gasteiger partial charge in [0.05, 0.1) is 17.2 Å². The number of hydrogen-bond acceptors (Lipinski definition) is 7. The van der Waals surface area contributed by atoms with Crippen molar-refractivity contribution in [2.75, 3.05) is 42.9 Å². The van der Waals surface area contributed by atoms with Crippen molar-refractivity contribution in [1.82, 2.24) is 24.8 Å².